The quantitative estimate of drug-likeness (QED) is 0.902. The molecule has 2 heterocycles. The SMILES string of the molecule is C[C@@H]1CN(C(=O)Nc2nc(C3CCC3)cs2)C[C@@]1(C)CN. The van der Waals surface area contributed by atoms with Crippen LogP contribution in [0.5, 0.6) is 0 Å². The maximum absolute atomic E-state index is 12.4. The van der Waals surface area contributed by atoms with Gasteiger partial charge < -0.3 is 10.6 Å². The van der Waals surface area contributed by atoms with Gasteiger partial charge in [-0.1, -0.05) is 20.3 Å². The molecule has 2 aliphatic rings. The highest BCUT2D eigenvalue weighted by Crippen LogP contribution is 2.38. The van der Waals surface area contributed by atoms with Crippen LogP contribution in [0.4, 0.5) is 9.93 Å². The Morgan fingerprint density at radius 2 is 2.38 bits per heavy atom. The molecule has 1 aliphatic carbocycles. The van der Waals surface area contributed by atoms with Crippen molar-refractivity contribution >= 4 is 22.5 Å². The average molecular weight is 308 g/mol. The Balaban J connectivity index is 1.60. The molecular weight excluding hydrogens is 284 g/mol. The number of thiazole rings is 1. The summed E-state index contributed by atoms with van der Waals surface area (Å²) >= 11 is 1.53. The third kappa shape index (κ3) is 2.79. The van der Waals surface area contributed by atoms with Gasteiger partial charge in [0.2, 0.25) is 0 Å². The van der Waals surface area contributed by atoms with Gasteiger partial charge in [-0.2, -0.15) is 0 Å². The van der Waals surface area contributed by atoms with Gasteiger partial charge in [0.15, 0.2) is 5.13 Å². The summed E-state index contributed by atoms with van der Waals surface area (Å²) < 4.78 is 0. The second kappa shape index (κ2) is 5.57. The van der Waals surface area contributed by atoms with Crippen LogP contribution in [0.1, 0.15) is 44.7 Å². The molecule has 1 aromatic heterocycles. The molecule has 1 aromatic rings. The lowest BCUT2D eigenvalue weighted by Crippen LogP contribution is -2.37. The average Bonchev–Trinajstić information content (AvgIpc) is 2.94. The number of amides is 2. The molecule has 0 spiro atoms. The molecule has 116 valence electrons. The Hall–Kier alpha value is -1.14. The Morgan fingerprint density at radius 3 is 2.95 bits per heavy atom. The monoisotopic (exact) mass is 308 g/mol. The largest absolute Gasteiger partial charge is 0.330 e. The zero-order valence-electron chi connectivity index (χ0n) is 12.8. The number of likely N-dealkylation sites (tertiary alicyclic amines) is 1. The van der Waals surface area contributed by atoms with Crippen LogP contribution in [0.25, 0.3) is 0 Å². The van der Waals surface area contributed by atoms with Crippen LogP contribution in [0.3, 0.4) is 0 Å². The van der Waals surface area contributed by atoms with Crippen LogP contribution in [-0.4, -0.2) is 35.5 Å². The molecule has 0 radical (unpaired) electrons. The maximum atomic E-state index is 12.4. The molecule has 0 bridgehead atoms. The van der Waals surface area contributed by atoms with Crippen molar-refractivity contribution in [2.75, 3.05) is 25.0 Å². The summed E-state index contributed by atoms with van der Waals surface area (Å²) in [5, 5.41) is 5.74. The van der Waals surface area contributed by atoms with E-state index in [0.717, 1.165) is 23.9 Å². The highest BCUT2D eigenvalue weighted by Gasteiger charge is 2.41. The molecule has 2 atom stereocenters. The zero-order valence-corrected chi connectivity index (χ0v) is 13.6. The van der Waals surface area contributed by atoms with Gasteiger partial charge in [0.05, 0.1) is 5.69 Å². The van der Waals surface area contributed by atoms with E-state index in [1.54, 1.807) is 0 Å². The van der Waals surface area contributed by atoms with Gasteiger partial charge in [-0.25, -0.2) is 9.78 Å². The molecule has 1 aliphatic heterocycles. The molecule has 2 amide bonds. The Labute approximate surface area is 129 Å². The van der Waals surface area contributed by atoms with Crippen LogP contribution in [0, 0.1) is 11.3 Å². The summed E-state index contributed by atoms with van der Waals surface area (Å²) in [5.41, 5.74) is 7.03. The summed E-state index contributed by atoms with van der Waals surface area (Å²) in [4.78, 5) is 18.8. The van der Waals surface area contributed by atoms with E-state index in [0.29, 0.717) is 18.4 Å². The minimum Gasteiger partial charge on any atom is -0.330 e. The minimum atomic E-state index is -0.0477. The molecule has 1 saturated heterocycles. The number of anilines is 1. The number of nitrogens with one attached hydrogen (secondary N) is 1. The first-order valence-corrected chi connectivity index (χ1v) is 8.61. The summed E-state index contributed by atoms with van der Waals surface area (Å²) in [6, 6.07) is -0.0477. The lowest BCUT2D eigenvalue weighted by molar-refractivity contribution is 0.215. The molecule has 3 N–H and O–H groups in total. The van der Waals surface area contributed by atoms with Gasteiger partial charge in [0.1, 0.15) is 0 Å². The first-order chi connectivity index (χ1) is 10.0. The third-order valence-electron chi connectivity index (χ3n) is 5.25. The van der Waals surface area contributed by atoms with Gasteiger partial charge in [-0.15, -0.1) is 11.3 Å². The van der Waals surface area contributed by atoms with Crippen LogP contribution >= 0.6 is 11.3 Å². The number of nitrogens with zero attached hydrogens (tertiary/aromatic N) is 2. The molecule has 0 unspecified atom stereocenters. The van der Waals surface area contributed by atoms with Gasteiger partial charge in [0.25, 0.3) is 0 Å². The van der Waals surface area contributed by atoms with Gasteiger partial charge >= 0.3 is 6.03 Å². The van der Waals surface area contributed by atoms with Crippen LogP contribution < -0.4 is 11.1 Å². The summed E-state index contributed by atoms with van der Waals surface area (Å²) in [5.74, 6) is 1.04. The van der Waals surface area contributed by atoms with Crippen molar-refractivity contribution in [3.05, 3.63) is 11.1 Å². The van der Waals surface area contributed by atoms with Gasteiger partial charge in [-0.05, 0) is 25.3 Å². The second-order valence-corrected chi connectivity index (χ2v) is 7.63. The van der Waals surface area contributed by atoms with E-state index >= 15 is 0 Å². The molecule has 1 saturated carbocycles. The normalized spacial score (nSPS) is 29.5. The maximum Gasteiger partial charge on any atom is 0.323 e. The Morgan fingerprint density at radius 1 is 1.62 bits per heavy atom. The smallest absolute Gasteiger partial charge is 0.323 e. The fraction of sp³-hybridized carbons (Fsp3) is 0.733. The van der Waals surface area contributed by atoms with Crippen molar-refractivity contribution in [2.24, 2.45) is 17.1 Å². The topological polar surface area (TPSA) is 71.2 Å². The number of nitrogens with two attached hydrogens (primary N) is 1. The highest BCUT2D eigenvalue weighted by molar-refractivity contribution is 7.13. The van der Waals surface area contributed by atoms with E-state index in [4.69, 9.17) is 5.73 Å². The predicted octanol–water partition coefficient (Wildman–Crippen LogP) is 2.86. The molecular formula is C15H24N4OS. The van der Waals surface area contributed by atoms with Gasteiger partial charge in [0, 0.05) is 29.8 Å². The van der Waals surface area contributed by atoms with Crippen LogP contribution in [0.2, 0.25) is 0 Å². The number of rotatable bonds is 3. The third-order valence-corrected chi connectivity index (χ3v) is 6.02. The van der Waals surface area contributed by atoms with E-state index in [1.807, 2.05) is 4.90 Å². The summed E-state index contributed by atoms with van der Waals surface area (Å²) in [7, 11) is 0. The Bertz CT molecular complexity index is 527. The van der Waals surface area contributed by atoms with E-state index < -0.39 is 0 Å². The molecule has 6 heteroatoms. The van der Waals surface area contributed by atoms with Gasteiger partial charge in [-0.3, -0.25) is 5.32 Å². The zero-order chi connectivity index (χ0) is 15.0. The Kier molecular flexibility index (Phi) is 3.92. The lowest BCUT2D eigenvalue weighted by Gasteiger charge is -2.25. The van der Waals surface area contributed by atoms with E-state index in [-0.39, 0.29) is 11.4 Å². The van der Waals surface area contributed by atoms with E-state index in [1.165, 1.54) is 30.6 Å². The van der Waals surface area contributed by atoms with Crippen LogP contribution in [-0.2, 0) is 0 Å². The van der Waals surface area contributed by atoms with E-state index in [9.17, 15) is 4.79 Å². The number of hydrogen-bond acceptors (Lipinski definition) is 4. The minimum absolute atomic E-state index is 0.0251. The van der Waals surface area contributed by atoms with Crippen molar-refractivity contribution in [1.29, 1.82) is 0 Å². The van der Waals surface area contributed by atoms with Crippen molar-refractivity contribution in [1.82, 2.24) is 9.88 Å². The second-order valence-electron chi connectivity index (χ2n) is 6.78. The number of urea groups is 1. The highest BCUT2D eigenvalue weighted by atomic mass is 32.1. The summed E-state index contributed by atoms with van der Waals surface area (Å²) in [6.45, 7) is 6.42. The van der Waals surface area contributed by atoms with Crippen LogP contribution in [0.15, 0.2) is 5.38 Å². The van der Waals surface area contributed by atoms with Crippen molar-refractivity contribution in [3.8, 4) is 0 Å². The van der Waals surface area contributed by atoms with Crippen molar-refractivity contribution in [2.45, 2.75) is 39.0 Å². The molecule has 5 nitrogen and oxygen atoms in total. The predicted molar refractivity (Wildman–Crippen MR) is 85.6 cm³/mol. The lowest BCUT2D eigenvalue weighted by atomic mass is 9.81. The number of carbonyl (C=O) groups is 1. The fourth-order valence-electron chi connectivity index (χ4n) is 3.03. The number of aromatic nitrogens is 1. The first kappa shape index (κ1) is 14.8. The molecule has 21 heavy (non-hydrogen) atoms. The standard InChI is InChI=1S/C15H24N4OS/c1-10-6-19(9-15(10,2)8-16)14(20)18-13-17-12(7-21-13)11-4-3-5-11/h7,10-11H,3-6,8-9,16H2,1-2H3,(H,17,18,20)/t10-,15-/m1/s1. The van der Waals surface area contributed by atoms with Crippen molar-refractivity contribution in [3.63, 3.8) is 0 Å². The molecule has 0 aromatic carbocycles. The number of carbonyl (C=O) groups excluding carboxylic acids is 1. The molecule has 3 rings (SSSR count). The molecule has 2 fully saturated rings. The summed E-state index contributed by atoms with van der Waals surface area (Å²) in [6.07, 6.45) is 3.76. The van der Waals surface area contributed by atoms with Crippen molar-refractivity contribution < 1.29 is 4.79 Å². The van der Waals surface area contributed by atoms with E-state index in [2.05, 4.69) is 29.5 Å². The fourth-order valence-corrected chi connectivity index (χ4v) is 3.82. The number of hydrogen-bond donors (Lipinski definition) is 2. The first-order valence-electron chi connectivity index (χ1n) is 7.73.